The first kappa shape index (κ1) is 19.3. The second-order valence-corrected chi connectivity index (χ2v) is 7.42. The van der Waals surface area contributed by atoms with Gasteiger partial charge in [-0.05, 0) is 37.4 Å². The van der Waals surface area contributed by atoms with E-state index in [0.29, 0.717) is 31.2 Å². The van der Waals surface area contributed by atoms with Crippen molar-refractivity contribution < 1.29 is 9.59 Å². The van der Waals surface area contributed by atoms with E-state index in [9.17, 15) is 9.59 Å². The maximum Gasteiger partial charge on any atom is 0.232 e. The van der Waals surface area contributed by atoms with Gasteiger partial charge in [0, 0.05) is 32.1 Å². The third kappa shape index (κ3) is 7.49. The first-order valence-electron chi connectivity index (χ1n) is 8.38. The highest BCUT2D eigenvalue weighted by Crippen LogP contribution is 2.18. The maximum absolute atomic E-state index is 12.4. The van der Waals surface area contributed by atoms with Crippen LogP contribution in [0, 0.1) is 5.92 Å². The van der Waals surface area contributed by atoms with Crippen LogP contribution in [0.4, 0.5) is 0 Å². The average Bonchev–Trinajstić information content (AvgIpc) is 2.49. The highest BCUT2D eigenvalue weighted by atomic mass is 32.2. The molecule has 0 spiro atoms. The van der Waals surface area contributed by atoms with E-state index < -0.39 is 0 Å². The lowest BCUT2D eigenvalue weighted by Gasteiger charge is -2.36. The van der Waals surface area contributed by atoms with Gasteiger partial charge in [0.05, 0.1) is 5.75 Å². The number of hydrogen-bond acceptors (Lipinski definition) is 4. The zero-order chi connectivity index (χ0) is 16.4. The molecule has 5 nitrogen and oxygen atoms in total. The third-order valence-electron chi connectivity index (χ3n) is 3.92. The van der Waals surface area contributed by atoms with Gasteiger partial charge >= 0.3 is 0 Å². The average molecular weight is 330 g/mol. The molecule has 0 aromatic rings. The molecule has 0 aromatic carbocycles. The Morgan fingerprint density at radius 3 is 2.82 bits per heavy atom. The number of carbonyl (C=O) groups is 2. The molecule has 1 unspecified atom stereocenters. The second kappa shape index (κ2) is 10.9. The van der Waals surface area contributed by atoms with Crippen molar-refractivity contribution in [2.24, 2.45) is 11.7 Å². The number of piperidine rings is 1. The largest absolute Gasteiger partial charge is 0.354 e. The summed E-state index contributed by atoms with van der Waals surface area (Å²) in [7, 11) is 0. The molecular formula is C16H31N3O2S. The van der Waals surface area contributed by atoms with Crippen molar-refractivity contribution in [3.63, 3.8) is 0 Å². The predicted molar refractivity (Wildman–Crippen MR) is 92.8 cm³/mol. The van der Waals surface area contributed by atoms with Crippen LogP contribution in [-0.2, 0) is 9.59 Å². The van der Waals surface area contributed by atoms with E-state index >= 15 is 0 Å². The number of amides is 2. The van der Waals surface area contributed by atoms with E-state index in [1.807, 2.05) is 4.90 Å². The summed E-state index contributed by atoms with van der Waals surface area (Å²) in [6, 6.07) is 0.147. The molecule has 0 bridgehead atoms. The normalized spacial score (nSPS) is 18.5. The Hall–Kier alpha value is -0.750. The molecule has 1 fully saturated rings. The van der Waals surface area contributed by atoms with Gasteiger partial charge in [-0.15, -0.1) is 0 Å². The highest BCUT2D eigenvalue weighted by molar-refractivity contribution is 7.99. The number of nitrogens with two attached hydrogens (primary N) is 1. The standard InChI is InChI=1S/C16H31N3O2S/c1-13(2)7-10-22-12-16(21)19-9-4-3-5-14(19)11-18-15(20)6-8-17/h13-14H,3-12,17H2,1-2H3,(H,18,20). The molecule has 1 heterocycles. The van der Waals surface area contributed by atoms with Crippen molar-refractivity contribution in [2.75, 3.05) is 31.1 Å². The SMILES string of the molecule is CC(C)CCSCC(=O)N1CCCCC1CNC(=O)CCN. The second-order valence-electron chi connectivity index (χ2n) is 6.31. The summed E-state index contributed by atoms with van der Waals surface area (Å²) in [5, 5.41) is 2.90. The van der Waals surface area contributed by atoms with Gasteiger partial charge in [-0.2, -0.15) is 11.8 Å². The van der Waals surface area contributed by atoms with Crippen LogP contribution in [0.2, 0.25) is 0 Å². The lowest BCUT2D eigenvalue weighted by molar-refractivity contribution is -0.132. The number of likely N-dealkylation sites (tertiary alicyclic amines) is 1. The Morgan fingerprint density at radius 2 is 2.14 bits per heavy atom. The summed E-state index contributed by atoms with van der Waals surface area (Å²) in [4.78, 5) is 25.9. The molecule has 1 aliphatic rings. The lowest BCUT2D eigenvalue weighted by atomic mass is 10.0. The zero-order valence-corrected chi connectivity index (χ0v) is 14.8. The zero-order valence-electron chi connectivity index (χ0n) is 14.0. The van der Waals surface area contributed by atoms with Crippen molar-refractivity contribution in [1.29, 1.82) is 0 Å². The van der Waals surface area contributed by atoms with Gasteiger partial charge in [0.15, 0.2) is 0 Å². The van der Waals surface area contributed by atoms with Crippen LogP contribution in [0.3, 0.4) is 0 Å². The molecule has 2 amide bonds. The summed E-state index contributed by atoms with van der Waals surface area (Å²) >= 11 is 1.72. The predicted octanol–water partition coefficient (Wildman–Crippen LogP) is 1.61. The van der Waals surface area contributed by atoms with Crippen LogP contribution >= 0.6 is 11.8 Å². The lowest BCUT2D eigenvalue weighted by Crippen LogP contribution is -2.50. The minimum atomic E-state index is -0.0215. The first-order valence-corrected chi connectivity index (χ1v) is 9.54. The molecule has 1 saturated heterocycles. The highest BCUT2D eigenvalue weighted by Gasteiger charge is 2.26. The Kier molecular flexibility index (Phi) is 9.55. The van der Waals surface area contributed by atoms with Crippen molar-refractivity contribution in [3.05, 3.63) is 0 Å². The monoisotopic (exact) mass is 329 g/mol. The summed E-state index contributed by atoms with van der Waals surface area (Å²) < 4.78 is 0. The van der Waals surface area contributed by atoms with E-state index in [-0.39, 0.29) is 17.9 Å². The fraction of sp³-hybridized carbons (Fsp3) is 0.875. The van der Waals surface area contributed by atoms with Crippen LogP contribution in [0.25, 0.3) is 0 Å². The van der Waals surface area contributed by atoms with E-state index in [4.69, 9.17) is 5.73 Å². The fourth-order valence-corrected chi connectivity index (χ4v) is 3.68. The summed E-state index contributed by atoms with van der Waals surface area (Å²) in [6.07, 6.45) is 4.67. The van der Waals surface area contributed by atoms with E-state index in [2.05, 4.69) is 19.2 Å². The van der Waals surface area contributed by atoms with E-state index in [1.165, 1.54) is 0 Å². The Morgan fingerprint density at radius 1 is 1.36 bits per heavy atom. The van der Waals surface area contributed by atoms with Crippen molar-refractivity contribution >= 4 is 23.6 Å². The molecule has 0 aromatic heterocycles. The first-order chi connectivity index (χ1) is 10.5. The Labute approximate surface area is 138 Å². The Balaban J connectivity index is 2.36. The van der Waals surface area contributed by atoms with Crippen LogP contribution in [0.15, 0.2) is 0 Å². The molecule has 0 radical (unpaired) electrons. The van der Waals surface area contributed by atoms with Gasteiger partial charge in [0.25, 0.3) is 0 Å². The molecule has 0 aliphatic carbocycles. The number of rotatable bonds is 9. The minimum absolute atomic E-state index is 0.0215. The smallest absolute Gasteiger partial charge is 0.232 e. The van der Waals surface area contributed by atoms with Gasteiger partial charge in [-0.25, -0.2) is 0 Å². The number of thioether (sulfide) groups is 1. The molecule has 1 rings (SSSR count). The Bertz CT molecular complexity index is 350. The topological polar surface area (TPSA) is 75.4 Å². The van der Waals surface area contributed by atoms with Crippen molar-refractivity contribution in [3.8, 4) is 0 Å². The maximum atomic E-state index is 12.4. The van der Waals surface area contributed by atoms with Crippen molar-refractivity contribution in [2.45, 2.75) is 52.0 Å². The molecule has 6 heteroatoms. The quantitative estimate of drug-likeness (QED) is 0.630. The summed E-state index contributed by atoms with van der Waals surface area (Å²) in [5.41, 5.74) is 5.37. The van der Waals surface area contributed by atoms with Crippen LogP contribution < -0.4 is 11.1 Å². The fourth-order valence-electron chi connectivity index (χ4n) is 2.55. The summed E-state index contributed by atoms with van der Waals surface area (Å²) in [5.74, 6) is 2.47. The van der Waals surface area contributed by atoms with Gasteiger partial charge in [0.2, 0.25) is 11.8 Å². The number of hydrogen-bond donors (Lipinski definition) is 2. The van der Waals surface area contributed by atoms with Gasteiger partial charge in [-0.3, -0.25) is 9.59 Å². The van der Waals surface area contributed by atoms with Gasteiger partial charge in [-0.1, -0.05) is 13.8 Å². The third-order valence-corrected chi connectivity index (χ3v) is 4.89. The van der Waals surface area contributed by atoms with Crippen molar-refractivity contribution in [1.82, 2.24) is 10.2 Å². The van der Waals surface area contributed by atoms with Crippen LogP contribution in [0.5, 0.6) is 0 Å². The molecule has 0 saturated carbocycles. The molecule has 22 heavy (non-hydrogen) atoms. The van der Waals surface area contributed by atoms with E-state index in [1.54, 1.807) is 11.8 Å². The molecule has 1 atom stereocenters. The molecule has 1 aliphatic heterocycles. The number of nitrogens with zero attached hydrogens (tertiary/aromatic N) is 1. The molecular weight excluding hydrogens is 298 g/mol. The van der Waals surface area contributed by atoms with E-state index in [0.717, 1.165) is 38.0 Å². The number of carbonyl (C=O) groups excluding carboxylic acids is 2. The summed E-state index contributed by atoms with van der Waals surface area (Å²) in [6.45, 7) is 6.15. The molecule has 128 valence electrons. The van der Waals surface area contributed by atoms with Crippen LogP contribution in [-0.4, -0.2) is 53.9 Å². The van der Waals surface area contributed by atoms with Crippen LogP contribution in [0.1, 0.15) is 46.0 Å². The molecule has 3 N–H and O–H groups in total. The van der Waals surface area contributed by atoms with Gasteiger partial charge < -0.3 is 16.0 Å². The minimum Gasteiger partial charge on any atom is -0.354 e. The number of nitrogens with one attached hydrogen (secondary N) is 1. The van der Waals surface area contributed by atoms with Gasteiger partial charge in [0.1, 0.15) is 0 Å².